The number of carboxylic acid groups (broad SMARTS) is 1. The fourth-order valence-corrected chi connectivity index (χ4v) is 4.53. The molecule has 0 aromatic rings. The zero-order valence-electron chi connectivity index (χ0n) is 19.9. The Kier molecular flexibility index (Phi) is 12.3. The molecule has 180 valence electrons. The molecule has 0 saturated carbocycles. The van der Waals surface area contributed by atoms with Crippen LogP contribution in [0.5, 0.6) is 0 Å². The third kappa shape index (κ3) is 8.64. The van der Waals surface area contributed by atoms with Crippen LogP contribution in [0.4, 0.5) is 0 Å². The SMILES string of the molecule is CCCCCCCCCCCCCCOC1=CCC(C(=O)O)(C(C)N2CCOCC2)O1. The summed E-state index contributed by atoms with van der Waals surface area (Å²) in [7, 11) is 0. The Morgan fingerprint density at radius 3 is 2.13 bits per heavy atom. The molecule has 0 aromatic heterocycles. The molecule has 2 aliphatic heterocycles. The van der Waals surface area contributed by atoms with Crippen molar-refractivity contribution in [1.29, 1.82) is 0 Å². The van der Waals surface area contributed by atoms with Crippen LogP contribution in [0.2, 0.25) is 0 Å². The molecule has 2 heterocycles. The van der Waals surface area contributed by atoms with E-state index in [4.69, 9.17) is 14.2 Å². The molecule has 2 unspecified atom stereocenters. The first kappa shape index (κ1) is 26.0. The average Bonchev–Trinajstić information content (AvgIpc) is 3.22. The highest BCUT2D eigenvalue weighted by atomic mass is 16.7. The number of aliphatic carboxylic acids is 1. The number of hydrogen-bond acceptors (Lipinski definition) is 5. The third-order valence-corrected chi connectivity index (χ3v) is 6.73. The molecule has 0 bridgehead atoms. The second-order valence-corrected chi connectivity index (χ2v) is 9.09. The molecule has 0 spiro atoms. The van der Waals surface area contributed by atoms with Gasteiger partial charge in [-0.05, 0) is 13.3 Å². The Hall–Kier alpha value is -1.27. The van der Waals surface area contributed by atoms with E-state index in [0.29, 0.717) is 32.2 Å². The first-order chi connectivity index (χ1) is 15.1. The Morgan fingerprint density at radius 2 is 1.58 bits per heavy atom. The highest BCUT2D eigenvalue weighted by Gasteiger charge is 2.52. The van der Waals surface area contributed by atoms with Gasteiger partial charge in [0.1, 0.15) is 0 Å². The van der Waals surface area contributed by atoms with Crippen LogP contribution in [0.1, 0.15) is 97.3 Å². The number of morpholine rings is 1. The van der Waals surface area contributed by atoms with Crippen molar-refractivity contribution >= 4 is 5.97 Å². The van der Waals surface area contributed by atoms with Crippen LogP contribution in [-0.4, -0.2) is 60.5 Å². The Bertz CT molecular complexity index is 532. The predicted molar refractivity (Wildman–Crippen MR) is 123 cm³/mol. The molecule has 0 amide bonds. The molecule has 2 rings (SSSR count). The molecule has 0 aromatic carbocycles. The molecule has 0 aliphatic carbocycles. The lowest BCUT2D eigenvalue weighted by molar-refractivity contribution is -0.174. The second kappa shape index (κ2) is 14.7. The minimum absolute atomic E-state index is 0.238. The van der Waals surface area contributed by atoms with Crippen molar-refractivity contribution in [3.63, 3.8) is 0 Å². The normalized spacial score (nSPS) is 22.7. The summed E-state index contributed by atoms with van der Waals surface area (Å²) in [6.45, 7) is 7.51. The number of nitrogens with zero attached hydrogens (tertiary/aromatic N) is 1. The van der Waals surface area contributed by atoms with Crippen molar-refractivity contribution in [1.82, 2.24) is 4.90 Å². The van der Waals surface area contributed by atoms with Gasteiger partial charge in [-0.1, -0.05) is 77.6 Å². The van der Waals surface area contributed by atoms with E-state index in [1.54, 1.807) is 6.08 Å². The lowest BCUT2D eigenvalue weighted by Gasteiger charge is -2.40. The fourth-order valence-electron chi connectivity index (χ4n) is 4.53. The van der Waals surface area contributed by atoms with E-state index < -0.39 is 11.6 Å². The molecule has 1 fully saturated rings. The van der Waals surface area contributed by atoms with Gasteiger partial charge >= 0.3 is 5.97 Å². The maximum Gasteiger partial charge on any atom is 0.350 e. The smallest absolute Gasteiger partial charge is 0.350 e. The average molecular weight is 440 g/mol. The lowest BCUT2D eigenvalue weighted by atomic mass is 9.91. The summed E-state index contributed by atoms with van der Waals surface area (Å²) in [5.41, 5.74) is -1.26. The maximum atomic E-state index is 12.1. The van der Waals surface area contributed by atoms with Gasteiger partial charge in [0.05, 0.1) is 25.9 Å². The van der Waals surface area contributed by atoms with Crippen LogP contribution in [0.15, 0.2) is 12.0 Å². The summed E-state index contributed by atoms with van der Waals surface area (Å²) in [5.74, 6) is -0.544. The summed E-state index contributed by atoms with van der Waals surface area (Å²) >= 11 is 0. The fraction of sp³-hybridized carbons (Fsp3) is 0.880. The van der Waals surface area contributed by atoms with E-state index in [1.165, 1.54) is 64.2 Å². The Morgan fingerprint density at radius 1 is 1.03 bits per heavy atom. The van der Waals surface area contributed by atoms with Gasteiger partial charge in [0.15, 0.2) is 0 Å². The van der Waals surface area contributed by atoms with Crippen molar-refractivity contribution in [3.8, 4) is 0 Å². The minimum atomic E-state index is -1.26. The van der Waals surface area contributed by atoms with Crippen LogP contribution in [0.25, 0.3) is 0 Å². The zero-order valence-corrected chi connectivity index (χ0v) is 19.9. The molecule has 1 N–H and O–H groups in total. The van der Waals surface area contributed by atoms with Crippen molar-refractivity contribution < 1.29 is 24.1 Å². The van der Waals surface area contributed by atoms with Gasteiger partial charge in [-0.3, -0.25) is 4.90 Å². The van der Waals surface area contributed by atoms with E-state index in [2.05, 4.69) is 11.8 Å². The van der Waals surface area contributed by atoms with E-state index >= 15 is 0 Å². The molecule has 1 saturated heterocycles. The summed E-state index contributed by atoms with van der Waals surface area (Å²) in [6, 6.07) is -0.238. The van der Waals surface area contributed by atoms with Crippen molar-refractivity contribution in [2.24, 2.45) is 0 Å². The standard InChI is InChI=1S/C25H45NO5/c1-3-4-5-6-7-8-9-10-11-12-13-14-19-30-23-15-16-25(31-23,24(27)28)22(2)26-17-20-29-21-18-26/h15,22H,3-14,16-21H2,1-2H3,(H,27,28). The van der Waals surface area contributed by atoms with E-state index in [1.807, 2.05) is 6.92 Å². The number of carboxylic acids is 1. The van der Waals surface area contributed by atoms with Crippen molar-refractivity contribution in [3.05, 3.63) is 12.0 Å². The van der Waals surface area contributed by atoms with Gasteiger partial charge < -0.3 is 19.3 Å². The van der Waals surface area contributed by atoms with Crippen LogP contribution >= 0.6 is 0 Å². The molecule has 31 heavy (non-hydrogen) atoms. The van der Waals surface area contributed by atoms with Gasteiger partial charge in [-0.25, -0.2) is 4.79 Å². The van der Waals surface area contributed by atoms with E-state index in [-0.39, 0.29) is 6.04 Å². The topological polar surface area (TPSA) is 68.2 Å². The van der Waals surface area contributed by atoms with E-state index in [0.717, 1.165) is 25.9 Å². The monoisotopic (exact) mass is 439 g/mol. The zero-order chi connectivity index (χ0) is 22.4. The lowest BCUT2D eigenvalue weighted by Crippen LogP contribution is -2.58. The van der Waals surface area contributed by atoms with Gasteiger partial charge in [0.25, 0.3) is 5.95 Å². The molecule has 2 atom stereocenters. The number of unbranched alkanes of at least 4 members (excludes halogenated alkanes) is 11. The highest BCUT2D eigenvalue weighted by molar-refractivity contribution is 5.79. The maximum absolute atomic E-state index is 12.1. The molecule has 2 aliphatic rings. The highest BCUT2D eigenvalue weighted by Crippen LogP contribution is 2.35. The largest absolute Gasteiger partial charge is 0.478 e. The first-order valence-electron chi connectivity index (χ1n) is 12.7. The first-order valence-corrected chi connectivity index (χ1v) is 12.7. The summed E-state index contributed by atoms with van der Waals surface area (Å²) < 4.78 is 17.0. The Balaban J connectivity index is 1.53. The van der Waals surface area contributed by atoms with Crippen LogP contribution in [-0.2, 0) is 19.0 Å². The van der Waals surface area contributed by atoms with Crippen molar-refractivity contribution in [2.45, 2.75) is 109 Å². The number of rotatable bonds is 17. The number of hydrogen-bond donors (Lipinski definition) is 1. The summed E-state index contributed by atoms with van der Waals surface area (Å²) in [6.07, 6.45) is 17.8. The van der Waals surface area contributed by atoms with Crippen LogP contribution < -0.4 is 0 Å². The van der Waals surface area contributed by atoms with Crippen LogP contribution in [0.3, 0.4) is 0 Å². The predicted octanol–water partition coefficient (Wildman–Crippen LogP) is 5.51. The van der Waals surface area contributed by atoms with Gasteiger partial charge in [-0.15, -0.1) is 0 Å². The minimum Gasteiger partial charge on any atom is -0.478 e. The summed E-state index contributed by atoms with van der Waals surface area (Å²) in [5, 5.41) is 9.89. The third-order valence-electron chi connectivity index (χ3n) is 6.73. The van der Waals surface area contributed by atoms with Gasteiger partial charge in [0, 0.05) is 25.6 Å². The summed E-state index contributed by atoms with van der Waals surface area (Å²) in [4.78, 5) is 14.2. The number of carbonyl (C=O) groups is 1. The quantitative estimate of drug-likeness (QED) is 0.301. The molecular formula is C25H45NO5. The van der Waals surface area contributed by atoms with Gasteiger partial charge in [-0.2, -0.15) is 0 Å². The second-order valence-electron chi connectivity index (χ2n) is 9.09. The van der Waals surface area contributed by atoms with Crippen LogP contribution in [0, 0.1) is 0 Å². The number of ether oxygens (including phenoxy) is 3. The van der Waals surface area contributed by atoms with E-state index in [9.17, 15) is 9.90 Å². The molecule has 6 heteroatoms. The van der Waals surface area contributed by atoms with Gasteiger partial charge in [0.2, 0.25) is 5.60 Å². The molecular weight excluding hydrogens is 394 g/mol. The Labute approximate surface area is 189 Å². The molecule has 0 radical (unpaired) electrons. The van der Waals surface area contributed by atoms with Crippen molar-refractivity contribution in [2.75, 3.05) is 32.9 Å². The molecule has 6 nitrogen and oxygen atoms in total.